The summed E-state index contributed by atoms with van der Waals surface area (Å²) in [5.74, 6) is 0.371. The molecule has 1 aliphatic heterocycles. The Labute approximate surface area is 149 Å². The predicted molar refractivity (Wildman–Crippen MR) is 98.9 cm³/mol. The minimum absolute atomic E-state index is 0. The molecule has 0 radical (unpaired) electrons. The van der Waals surface area contributed by atoms with Crippen molar-refractivity contribution in [2.45, 2.75) is 12.0 Å². The molecule has 3 atom stereocenters. The van der Waals surface area contributed by atoms with E-state index in [1.54, 1.807) is 0 Å². The Balaban J connectivity index is 0.00000208. The molecule has 4 N–H and O–H groups in total. The SMILES string of the molecule is Cl.NC[C@@H]1CN(C(C(N)=O)c2ccccc2)C[C@H]1c1ccccc1. The maximum Gasteiger partial charge on any atom is 0.239 e. The van der Waals surface area contributed by atoms with Gasteiger partial charge < -0.3 is 11.5 Å². The van der Waals surface area contributed by atoms with E-state index in [4.69, 9.17) is 11.5 Å². The van der Waals surface area contributed by atoms with Crippen molar-refractivity contribution in [2.75, 3.05) is 19.6 Å². The largest absolute Gasteiger partial charge is 0.368 e. The lowest BCUT2D eigenvalue weighted by atomic mass is 9.89. The number of likely N-dealkylation sites (tertiary alicyclic amines) is 1. The molecule has 0 saturated carbocycles. The van der Waals surface area contributed by atoms with Crippen LogP contribution in [0, 0.1) is 5.92 Å². The minimum atomic E-state index is -0.390. The van der Waals surface area contributed by atoms with Crippen molar-refractivity contribution >= 4 is 18.3 Å². The molecule has 0 aromatic heterocycles. The standard InChI is InChI=1S/C19H23N3O.ClH/c20-11-16-12-22(13-17(16)14-7-3-1-4-8-14)18(19(21)23)15-9-5-2-6-10-15;/h1-10,16-18H,11-13,20H2,(H2,21,23);1H/t16-,17+,18?;/m1./s1. The Kier molecular flexibility index (Phi) is 6.37. The molecule has 1 heterocycles. The lowest BCUT2D eigenvalue weighted by Crippen LogP contribution is -2.37. The average molecular weight is 346 g/mol. The summed E-state index contributed by atoms with van der Waals surface area (Å²) in [6, 6.07) is 19.8. The molecule has 1 saturated heterocycles. The maximum atomic E-state index is 12.1. The Morgan fingerprint density at radius 2 is 1.62 bits per heavy atom. The van der Waals surface area contributed by atoms with Gasteiger partial charge in [-0.15, -0.1) is 12.4 Å². The van der Waals surface area contributed by atoms with E-state index < -0.39 is 0 Å². The third-order valence-corrected chi connectivity index (χ3v) is 4.75. The molecule has 0 aliphatic carbocycles. The number of halogens is 1. The first-order valence-corrected chi connectivity index (χ1v) is 8.04. The van der Waals surface area contributed by atoms with Gasteiger partial charge in [0.1, 0.15) is 6.04 Å². The highest BCUT2D eigenvalue weighted by atomic mass is 35.5. The van der Waals surface area contributed by atoms with E-state index >= 15 is 0 Å². The summed E-state index contributed by atoms with van der Waals surface area (Å²) in [7, 11) is 0. The van der Waals surface area contributed by atoms with Gasteiger partial charge in [0.15, 0.2) is 0 Å². The molecule has 1 fully saturated rings. The van der Waals surface area contributed by atoms with Crippen LogP contribution < -0.4 is 11.5 Å². The summed E-state index contributed by atoms with van der Waals surface area (Å²) in [4.78, 5) is 14.2. The summed E-state index contributed by atoms with van der Waals surface area (Å²) >= 11 is 0. The van der Waals surface area contributed by atoms with Crippen LogP contribution in [0.2, 0.25) is 0 Å². The molecule has 1 amide bonds. The van der Waals surface area contributed by atoms with Crippen LogP contribution in [0.15, 0.2) is 60.7 Å². The van der Waals surface area contributed by atoms with Gasteiger partial charge in [-0.05, 0) is 23.6 Å². The zero-order chi connectivity index (χ0) is 16.2. The van der Waals surface area contributed by atoms with E-state index in [9.17, 15) is 4.79 Å². The first-order valence-electron chi connectivity index (χ1n) is 8.04. The number of nitrogens with zero attached hydrogens (tertiary/aromatic N) is 1. The van der Waals surface area contributed by atoms with Crippen LogP contribution in [0.4, 0.5) is 0 Å². The normalized spacial score (nSPS) is 21.9. The van der Waals surface area contributed by atoms with E-state index in [2.05, 4.69) is 17.0 Å². The summed E-state index contributed by atoms with van der Waals surface area (Å²) in [5.41, 5.74) is 13.9. The average Bonchev–Trinajstić information content (AvgIpc) is 3.00. The Bertz CT molecular complexity index is 650. The van der Waals surface area contributed by atoms with Crippen LogP contribution in [0.5, 0.6) is 0 Å². The number of hydrogen-bond acceptors (Lipinski definition) is 3. The fourth-order valence-electron chi connectivity index (χ4n) is 3.62. The second-order valence-electron chi connectivity index (χ2n) is 6.18. The van der Waals surface area contributed by atoms with E-state index in [1.165, 1.54) is 5.56 Å². The van der Waals surface area contributed by atoms with E-state index in [1.807, 2.05) is 48.5 Å². The van der Waals surface area contributed by atoms with Crippen LogP contribution in [-0.2, 0) is 4.79 Å². The lowest BCUT2D eigenvalue weighted by Gasteiger charge is -2.25. The molecule has 0 bridgehead atoms. The van der Waals surface area contributed by atoms with Gasteiger partial charge >= 0.3 is 0 Å². The van der Waals surface area contributed by atoms with Gasteiger partial charge in [0.05, 0.1) is 0 Å². The third kappa shape index (κ3) is 3.78. The van der Waals surface area contributed by atoms with Gasteiger partial charge in [-0.2, -0.15) is 0 Å². The number of primary amides is 1. The lowest BCUT2D eigenvalue weighted by molar-refractivity contribution is -0.123. The number of nitrogens with two attached hydrogens (primary N) is 2. The molecule has 5 heteroatoms. The topological polar surface area (TPSA) is 72.3 Å². The molecular weight excluding hydrogens is 322 g/mol. The molecule has 1 aliphatic rings. The quantitative estimate of drug-likeness (QED) is 0.873. The van der Waals surface area contributed by atoms with Crippen LogP contribution in [-0.4, -0.2) is 30.4 Å². The molecule has 2 aromatic carbocycles. The van der Waals surface area contributed by atoms with Crippen molar-refractivity contribution in [2.24, 2.45) is 17.4 Å². The van der Waals surface area contributed by atoms with Crippen LogP contribution in [0.25, 0.3) is 0 Å². The van der Waals surface area contributed by atoms with Gasteiger partial charge in [0.25, 0.3) is 0 Å². The summed E-state index contributed by atoms with van der Waals surface area (Å²) in [6.07, 6.45) is 0. The Morgan fingerprint density at radius 1 is 1.04 bits per heavy atom. The molecule has 128 valence electrons. The number of carbonyl (C=O) groups excluding carboxylic acids is 1. The summed E-state index contributed by atoms with van der Waals surface area (Å²) in [6.45, 7) is 2.20. The highest BCUT2D eigenvalue weighted by Crippen LogP contribution is 2.36. The first kappa shape index (κ1) is 18.5. The van der Waals surface area contributed by atoms with E-state index in [-0.39, 0.29) is 24.4 Å². The van der Waals surface area contributed by atoms with Gasteiger partial charge in [-0.25, -0.2) is 0 Å². The van der Waals surface area contributed by atoms with Gasteiger partial charge in [-0.3, -0.25) is 9.69 Å². The van der Waals surface area contributed by atoms with Crippen LogP contribution in [0.1, 0.15) is 23.1 Å². The first-order chi connectivity index (χ1) is 11.2. The third-order valence-electron chi connectivity index (χ3n) is 4.75. The number of carbonyl (C=O) groups is 1. The molecule has 4 nitrogen and oxygen atoms in total. The molecule has 2 aromatic rings. The zero-order valence-corrected chi connectivity index (χ0v) is 14.4. The number of hydrogen-bond donors (Lipinski definition) is 2. The monoisotopic (exact) mass is 345 g/mol. The fourth-order valence-corrected chi connectivity index (χ4v) is 3.62. The Hall–Kier alpha value is -1.88. The zero-order valence-electron chi connectivity index (χ0n) is 13.5. The van der Waals surface area contributed by atoms with E-state index in [0.29, 0.717) is 18.4 Å². The van der Waals surface area contributed by atoms with Crippen molar-refractivity contribution in [1.29, 1.82) is 0 Å². The molecule has 24 heavy (non-hydrogen) atoms. The summed E-state index contributed by atoms with van der Waals surface area (Å²) in [5, 5.41) is 0. The van der Waals surface area contributed by atoms with Gasteiger partial charge in [0, 0.05) is 19.0 Å². The number of benzene rings is 2. The van der Waals surface area contributed by atoms with Crippen molar-refractivity contribution in [3.05, 3.63) is 71.8 Å². The highest BCUT2D eigenvalue weighted by molar-refractivity contribution is 5.85. The van der Waals surface area contributed by atoms with Crippen molar-refractivity contribution < 1.29 is 4.79 Å². The van der Waals surface area contributed by atoms with Gasteiger partial charge in [0.2, 0.25) is 5.91 Å². The van der Waals surface area contributed by atoms with E-state index in [0.717, 1.165) is 18.7 Å². The van der Waals surface area contributed by atoms with Crippen molar-refractivity contribution in [3.8, 4) is 0 Å². The second kappa shape index (κ2) is 8.29. The smallest absolute Gasteiger partial charge is 0.239 e. The van der Waals surface area contributed by atoms with Gasteiger partial charge in [-0.1, -0.05) is 60.7 Å². The maximum absolute atomic E-state index is 12.1. The predicted octanol–water partition coefficient (Wildman–Crippen LogP) is 2.31. The number of amides is 1. The molecular formula is C19H24ClN3O. The summed E-state index contributed by atoms with van der Waals surface area (Å²) < 4.78 is 0. The molecule has 0 spiro atoms. The molecule has 1 unspecified atom stereocenters. The minimum Gasteiger partial charge on any atom is -0.368 e. The second-order valence-corrected chi connectivity index (χ2v) is 6.18. The van der Waals surface area contributed by atoms with Crippen LogP contribution >= 0.6 is 12.4 Å². The van der Waals surface area contributed by atoms with Crippen molar-refractivity contribution in [3.63, 3.8) is 0 Å². The number of rotatable bonds is 5. The fraction of sp³-hybridized carbons (Fsp3) is 0.316. The van der Waals surface area contributed by atoms with Crippen LogP contribution in [0.3, 0.4) is 0 Å². The molecule has 3 rings (SSSR count). The van der Waals surface area contributed by atoms with Crippen molar-refractivity contribution in [1.82, 2.24) is 4.90 Å². The Morgan fingerprint density at radius 3 is 2.17 bits per heavy atom. The highest BCUT2D eigenvalue weighted by Gasteiger charge is 2.38.